The maximum Gasteiger partial charge on any atom is 0.166 e. The van der Waals surface area contributed by atoms with Crippen LogP contribution in [-0.2, 0) is 0 Å². The molecule has 4 heteroatoms. The van der Waals surface area contributed by atoms with E-state index in [0.717, 1.165) is 4.57 Å². The van der Waals surface area contributed by atoms with Crippen molar-refractivity contribution in [1.29, 1.82) is 0 Å². The molecule has 2 aromatic heterocycles. The lowest BCUT2D eigenvalue weighted by atomic mass is 9.97. The third-order valence-electron chi connectivity index (χ3n) is 8.45. The fourth-order valence-corrected chi connectivity index (χ4v) is 6.03. The maximum absolute atomic E-state index is 9.94. The van der Waals surface area contributed by atoms with Gasteiger partial charge in [-0.15, -0.1) is 0 Å². The average molecular weight is 730 g/mol. The van der Waals surface area contributed by atoms with Crippen LogP contribution in [0.2, 0.25) is 0 Å². The first-order chi connectivity index (χ1) is 38.5. The summed E-state index contributed by atoms with van der Waals surface area (Å²) in [6.45, 7) is 0. The fourth-order valence-electron chi connectivity index (χ4n) is 6.03. The van der Waals surface area contributed by atoms with Gasteiger partial charge in [0.2, 0.25) is 0 Å². The quantitative estimate of drug-likeness (QED) is 0.164. The number of nitrogens with zero attached hydrogens (tertiary/aromatic N) is 4. The van der Waals surface area contributed by atoms with Gasteiger partial charge in [0.1, 0.15) is 0 Å². The standard InChI is InChI=1S/C51H34N4/c1-5-16-35(17-6-1)39-24-15-25-40(32-39)41-29-31-47(55-46-27-14-13-26-43(46)44-30-28-42(34-48(44)55)36-18-7-2-8-19-36)45(33-41)51-53-49(37-20-9-3-10-21-37)52-50(54-51)38-22-11-4-12-23-38/h1-34H/i1D,2D,3D,4D,5D,6D,7D,8D,9D,10D,11D,12D,13D,14D,16D,17D,18D,19D,20D,21D,22D,23D,26D,27D,28D,30D,34D. The minimum atomic E-state index is -0.875. The minimum absolute atomic E-state index is 0.124. The van der Waals surface area contributed by atoms with Crippen molar-refractivity contribution in [3.8, 4) is 73.2 Å². The molecule has 0 bridgehead atoms. The molecule has 0 aliphatic carbocycles. The second-order valence-electron chi connectivity index (χ2n) is 11.7. The van der Waals surface area contributed by atoms with Crippen molar-refractivity contribution in [3.63, 3.8) is 0 Å². The smallest absolute Gasteiger partial charge is 0.166 e. The van der Waals surface area contributed by atoms with Gasteiger partial charge < -0.3 is 4.57 Å². The molecule has 0 unspecified atom stereocenters. The first kappa shape index (κ1) is 14.8. The van der Waals surface area contributed by atoms with E-state index in [-0.39, 0.29) is 33.5 Å². The topological polar surface area (TPSA) is 43.6 Å². The predicted octanol–water partition coefficient (Wildman–Crippen LogP) is 13.0. The zero-order chi connectivity index (χ0) is 60.1. The first-order valence-corrected chi connectivity index (χ1v) is 16.3. The zero-order valence-corrected chi connectivity index (χ0v) is 27.8. The van der Waals surface area contributed by atoms with Crippen LogP contribution in [0.15, 0.2) is 206 Å². The number of fused-ring (bicyclic) bond motifs is 3. The molecule has 0 atom stereocenters. The van der Waals surface area contributed by atoms with Crippen molar-refractivity contribution < 1.29 is 37.0 Å². The molecule has 4 nitrogen and oxygen atoms in total. The highest BCUT2D eigenvalue weighted by atomic mass is 15.1. The van der Waals surface area contributed by atoms with Crippen molar-refractivity contribution in [1.82, 2.24) is 19.5 Å². The highest BCUT2D eigenvalue weighted by Gasteiger charge is 2.21. The molecule has 8 aromatic carbocycles. The minimum Gasteiger partial charge on any atom is -0.308 e. The van der Waals surface area contributed by atoms with E-state index in [9.17, 15) is 6.85 Å². The van der Waals surface area contributed by atoms with Crippen LogP contribution in [0.25, 0.3) is 95.0 Å². The molecule has 0 aliphatic heterocycles. The van der Waals surface area contributed by atoms with Crippen LogP contribution < -0.4 is 0 Å². The highest BCUT2D eigenvalue weighted by Crippen LogP contribution is 2.40. The summed E-state index contributed by atoms with van der Waals surface area (Å²) in [4.78, 5) is 13.7. The van der Waals surface area contributed by atoms with Crippen LogP contribution >= 0.6 is 0 Å². The SMILES string of the molecule is [2H]c1c([2H])c([2H])c(-c2cccc(-c3ccc(-n4c5c([2H])c([2H])c([2H])c([2H])c5c5c([2H])c([2H])c(-c6c([2H])c([2H])c([2H])c([2H])c6[2H])c([2H])c54)c(-c4nc(-c5c([2H])c([2H])c([2H])c([2H])c5[2H])nc(-c5c([2H])c([2H])c([2H])c([2H])c5[2H])n4)c3)c2)c([2H])c1[2H]. The predicted molar refractivity (Wildman–Crippen MR) is 227 cm³/mol. The molecular weight excluding hydrogens is 669 g/mol. The van der Waals surface area contributed by atoms with Crippen molar-refractivity contribution >= 4 is 21.8 Å². The van der Waals surface area contributed by atoms with Crippen LogP contribution in [0.5, 0.6) is 0 Å². The zero-order valence-electron chi connectivity index (χ0n) is 54.8. The summed E-state index contributed by atoms with van der Waals surface area (Å²) >= 11 is 0. The van der Waals surface area contributed by atoms with E-state index in [4.69, 9.17) is 30.2 Å². The van der Waals surface area contributed by atoms with Crippen molar-refractivity contribution in [3.05, 3.63) is 206 Å². The Balaban J connectivity index is 1.44. The van der Waals surface area contributed by atoms with Gasteiger partial charge >= 0.3 is 0 Å². The van der Waals surface area contributed by atoms with Crippen LogP contribution in [0.4, 0.5) is 0 Å². The molecule has 0 N–H and O–H groups in total. The van der Waals surface area contributed by atoms with Crippen LogP contribution in [0, 0.1) is 0 Å². The summed E-state index contributed by atoms with van der Waals surface area (Å²) in [5.74, 6) is -2.08. The van der Waals surface area contributed by atoms with Gasteiger partial charge in [0, 0.05) is 27.5 Å². The molecule has 10 rings (SSSR count). The van der Waals surface area contributed by atoms with Gasteiger partial charge in [0.15, 0.2) is 17.5 Å². The monoisotopic (exact) mass is 729 g/mol. The molecule has 0 amide bonds. The summed E-state index contributed by atoms with van der Waals surface area (Å²) in [7, 11) is 0. The summed E-state index contributed by atoms with van der Waals surface area (Å²) in [6.07, 6.45) is 0. The van der Waals surface area contributed by atoms with E-state index < -0.39 is 225 Å². The van der Waals surface area contributed by atoms with Crippen molar-refractivity contribution in [2.45, 2.75) is 0 Å². The van der Waals surface area contributed by atoms with Crippen molar-refractivity contribution in [2.24, 2.45) is 0 Å². The number of benzene rings is 8. The van der Waals surface area contributed by atoms with Gasteiger partial charge in [-0.2, -0.15) is 0 Å². The van der Waals surface area contributed by atoms with E-state index >= 15 is 0 Å². The molecule has 2 heterocycles. The Morgan fingerprint density at radius 2 is 0.855 bits per heavy atom. The Bertz CT molecular complexity index is 4350. The molecule has 55 heavy (non-hydrogen) atoms. The summed E-state index contributed by atoms with van der Waals surface area (Å²) in [6, 6.07) is -11.5. The molecule has 0 saturated carbocycles. The highest BCUT2D eigenvalue weighted by molar-refractivity contribution is 6.10. The molecule has 10 aromatic rings. The molecule has 0 aliphatic rings. The summed E-state index contributed by atoms with van der Waals surface area (Å²) < 4.78 is 238. The second kappa shape index (κ2) is 13.8. The van der Waals surface area contributed by atoms with Crippen LogP contribution in [0.3, 0.4) is 0 Å². The Hall–Kier alpha value is -7.43. The van der Waals surface area contributed by atoms with Gasteiger partial charge in [-0.05, 0) is 63.7 Å². The van der Waals surface area contributed by atoms with E-state index in [1.165, 1.54) is 36.4 Å². The Labute approximate surface area is 357 Å². The van der Waals surface area contributed by atoms with Gasteiger partial charge in [-0.3, -0.25) is 0 Å². The van der Waals surface area contributed by atoms with Crippen molar-refractivity contribution in [2.75, 3.05) is 0 Å². The number of rotatable bonds is 7. The van der Waals surface area contributed by atoms with Gasteiger partial charge in [-0.25, -0.2) is 15.0 Å². The van der Waals surface area contributed by atoms with Gasteiger partial charge in [0.05, 0.1) is 53.7 Å². The van der Waals surface area contributed by atoms with Gasteiger partial charge in [0.25, 0.3) is 0 Å². The number of hydrogen-bond donors (Lipinski definition) is 0. The average Bonchev–Trinajstić information content (AvgIpc) is 3.57. The molecule has 0 saturated heterocycles. The first-order valence-electron chi connectivity index (χ1n) is 29.8. The Kier molecular flexibility index (Phi) is 3.72. The van der Waals surface area contributed by atoms with Crippen LogP contribution in [-0.4, -0.2) is 19.5 Å². The number of aromatic nitrogens is 4. The molecule has 0 spiro atoms. The van der Waals surface area contributed by atoms with E-state index in [1.807, 2.05) is 0 Å². The van der Waals surface area contributed by atoms with E-state index in [2.05, 4.69) is 15.0 Å². The van der Waals surface area contributed by atoms with E-state index in [0.29, 0.717) is 0 Å². The number of para-hydroxylation sites is 1. The van der Waals surface area contributed by atoms with Crippen LogP contribution in [0.1, 0.15) is 37.0 Å². The number of hydrogen-bond acceptors (Lipinski definition) is 3. The lowest BCUT2D eigenvalue weighted by Crippen LogP contribution is -2.04. The molecule has 0 fully saturated rings. The van der Waals surface area contributed by atoms with Gasteiger partial charge in [-0.1, -0.05) is 175 Å². The maximum atomic E-state index is 9.94. The Morgan fingerprint density at radius 3 is 1.49 bits per heavy atom. The normalized spacial score (nSPS) is 18.1. The fraction of sp³-hybridized carbons (Fsp3) is 0. The Morgan fingerprint density at radius 1 is 0.364 bits per heavy atom. The molecular formula is C51H34N4. The lowest BCUT2D eigenvalue weighted by molar-refractivity contribution is 1.06. The lowest BCUT2D eigenvalue weighted by Gasteiger charge is -2.17. The second-order valence-corrected chi connectivity index (χ2v) is 11.7. The largest absolute Gasteiger partial charge is 0.308 e. The third-order valence-corrected chi connectivity index (χ3v) is 8.45. The molecule has 258 valence electrons. The van der Waals surface area contributed by atoms with E-state index in [1.54, 1.807) is 6.07 Å². The summed E-state index contributed by atoms with van der Waals surface area (Å²) in [5, 5.41) is -0.887. The molecule has 0 radical (unpaired) electrons. The third kappa shape index (κ3) is 6.06. The summed E-state index contributed by atoms with van der Waals surface area (Å²) in [5.41, 5.74) is -3.97.